The fourth-order valence-corrected chi connectivity index (χ4v) is 1.70. The van der Waals surface area contributed by atoms with Gasteiger partial charge in [-0.3, -0.25) is 0 Å². The molecule has 0 aliphatic carbocycles. The Morgan fingerprint density at radius 1 is 1.44 bits per heavy atom. The van der Waals surface area contributed by atoms with E-state index in [1.54, 1.807) is 0 Å². The van der Waals surface area contributed by atoms with E-state index in [2.05, 4.69) is 60.0 Å². The summed E-state index contributed by atoms with van der Waals surface area (Å²) in [7, 11) is 0. The van der Waals surface area contributed by atoms with Crippen LogP contribution in [0.2, 0.25) is 0 Å². The van der Waals surface area contributed by atoms with Crippen LogP contribution < -0.4 is 5.32 Å². The summed E-state index contributed by atoms with van der Waals surface area (Å²) in [5.74, 6) is 0.483. The molecule has 86 valence electrons. The Labute approximate surface area is 96.5 Å². The highest BCUT2D eigenvalue weighted by molar-refractivity contribution is 5.43. The van der Waals surface area contributed by atoms with E-state index in [0.29, 0.717) is 5.92 Å². The summed E-state index contributed by atoms with van der Waals surface area (Å²) in [6.07, 6.45) is 4.19. The fourth-order valence-electron chi connectivity index (χ4n) is 1.70. The number of fused-ring (bicyclic) bond motifs is 1. The Morgan fingerprint density at radius 3 is 2.94 bits per heavy atom. The van der Waals surface area contributed by atoms with E-state index < -0.39 is 0 Å². The third-order valence-electron chi connectivity index (χ3n) is 2.71. The maximum Gasteiger partial charge on any atom is 0.137 e. The monoisotopic (exact) mass is 217 g/mol. The van der Waals surface area contributed by atoms with Crippen LogP contribution >= 0.6 is 0 Å². The summed E-state index contributed by atoms with van der Waals surface area (Å²) in [5, 5.41) is 3.32. The summed E-state index contributed by atoms with van der Waals surface area (Å²) in [5.41, 5.74) is 3.48. The molecule has 1 N–H and O–H groups in total. The normalized spacial score (nSPS) is 11.5. The summed E-state index contributed by atoms with van der Waals surface area (Å²) < 4.78 is 2.09. The molecule has 0 radical (unpaired) electrons. The minimum atomic E-state index is 0.483. The molecule has 3 heteroatoms. The average molecular weight is 217 g/mol. The molecule has 0 amide bonds. The van der Waals surface area contributed by atoms with Gasteiger partial charge in [-0.1, -0.05) is 20.8 Å². The van der Waals surface area contributed by atoms with Gasteiger partial charge in [-0.05, 0) is 30.2 Å². The smallest absolute Gasteiger partial charge is 0.137 e. The molecule has 2 aromatic rings. The number of hydrogen-bond donors (Lipinski definition) is 1. The van der Waals surface area contributed by atoms with Crippen molar-refractivity contribution in [3.05, 3.63) is 35.8 Å². The minimum absolute atomic E-state index is 0.483. The van der Waals surface area contributed by atoms with Crippen LogP contribution in [-0.4, -0.2) is 15.9 Å². The lowest BCUT2D eigenvalue weighted by Crippen LogP contribution is -2.11. The SMILES string of the molecule is CCNCc1ccn2cc(C(C)C)nc2c1. The molecule has 2 rings (SSSR count). The molecule has 0 aliphatic rings. The average Bonchev–Trinajstić information content (AvgIpc) is 2.69. The second-order valence-electron chi connectivity index (χ2n) is 4.40. The molecule has 16 heavy (non-hydrogen) atoms. The third kappa shape index (κ3) is 2.25. The first-order chi connectivity index (χ1) is 7.70. The highest BCUT2D eigenvalue weighted by Crippen LogP contribution is 2.15. The van der Waals surface area contributed by atoms with Crippen molar-refractivity contribution >= 4 is 5.65 Å². The highest BCUT2D eigenvalue weighted by atomic mass is 15.0. The maximum absolute atomic E-state index is 4.62. The molecular weight excluding hydrogens is 198 g/mol. The maximum atomic E-state index is 4.62. The number of nitrogens with one attached hydrogen (secondary N) is 1. The van der Waals surface area contributed by atoms with Crippen LogP contribution in [0.25, 0.3) is 5.65 Å². The summed E-state index contributed by atoms with van der Waals surface area (Å²) in [6, 6.07) is 4.29. The van der Waals surface area contributed by atoms with Crippen LogP contribution in [0, 0.1) is 0 Å². The summed E-state index contributed by atoms with van der Waals surface area (Å²) in [6.45, 7) is 8.36. The van der Waals surface area contributed by atoms with Crippen molar-refractivity contribution in [1.29, 1.82) is 0 Å². The van der Waals surface area contributed by atoms with Crippen LogP contribution in [0.1, 0.15) is 37.9 Å². The van der Waals surface area contributed by atoms with Crippen LogP contribution in [0.5, 0.6) is 0 Å². The lowest BCUT2D eigenvalue weighted by molar-refractivity contribution is 0.726. The molecule has 0 aliphatic heterocycles. The molecule has 0 aromatic carbocycles. The van der Waals surface area contributed by atoms with Gasteiger partial charge in [-0.15, -0.1) is 0 Å². The van der Waals surface area contributed by atoms with Gasteiger partial charge in [0.05, 0.1) is 5.69 Å². The van der Waals surface area contributed by atoms with Crippen molar-refractivity contribution in [2.75, 3.05) is 6.54 Å². The van der Waals surface area contributed by atoms with Crippen molar-refractivity contribution in [3.63, 3.8) is 0 Å². The Morgan fingerprint density at radius 2 is 2.25 bits per heavy atom. The minimum Gasteiger partial charge on any atom is -0.313 e. The van der Waals surface area contributed by atoms with Crippen molar-refractivity contribution in [1.82, 2.24) is 14.7 Å². The molecule has 0 bridgehead atoms. The number of rotatable bonds is 4. The zero-order valence-corrected chi connectivity index (χ0v) is 10.2. The van der Waals surface area contributed by atoms with E-state index in [9.17, 15) is 0 Å². The third-order valence-corrected chi connectivity index (χ3v) is 2.71. The van der Waals surface area contributed by atoms with E-state index in [-0.39, 0.29) is 0 Å². The molecule has 2 heterocycles. The fraction of sp³-hybridized carbons (Fsp3) is 0.462. The van der Waals surface area contributed by atoms with Crippen LogP contribution in [0.3, 0.4) is 0 Å². The van der Waals surface area contributed by atoms with Crippen molar-refractivity contribution in [2.24, 2.45) is 0 Å². The van der Waals surface area contributed by atoms with Gasteiger partial charge < -0.3 is 9.72 Å². The molecule has 3 nitrogen and oxygen atoms in total. The van der Waals surface area contributed by atoms with Gasteiger partial charge in [-0.25, -0.2) is 4.98 Å². The standard InChI is InChI=1S/C13H19N3/c1-4-14-8-11-5-6-16-9-12(10(2)3)15-13(16)7-11/h5-7,9-10,14H,4,8H2,1-3H3. The number of hydrogen-bond acceptors (Lipinski definition) is 2. The van der Waals surface area contributed by atoms with Gasteiger partial charge in [0.1, 0.15) is 5.65 Å². The predicted molar refractivity (Wildman–Crippen MR) is 66.7 cm³/mol. The molecular formula is C13H19N3. The Kier molecular flexibility index (Phi) is 3.25. The first kappa shape index (κ1) is 11.1. The quantitative estimate of drug-likeness (QED) is 0.853. The second kappa shape index (κ2) is 4.66. The van der Waals surface area contributed by atoms with Crippen molar-refractivity contribution < 1.29 is 0 Å². The first-order valence-corrected chi connectivity index (χ1v) is 5.89. The van der Waals surface area contributed by atoms with E-state index in [4.69, 9.17) is 0 Å². The Bertz CT molecular complexity index is 471. The topological polar surface area (TPSA) is 29.3 Å². The van der Waals surface area contributed by atoms with E-state index >= 15 is 0 Å². The van der Waals surface area contributed by atoms with Gasteiger partial charge >= 0.3 is 0 Å². The van der Waals surface area contributed by atoms with E-state index in [1.165, 1.54) is 5.56 Å². The van der Waals surface area contributed by atoms with E-state index in [0.717, 1.165) is 24.4 Å². The van der Waals surface area contributed by atoms with Gasteiger partial charge in [0.25, 0.3) is 0 Å². The molecule has 0 fully saturated rings. The molecule has 2 aromatic heterocycles. The van der Waals surface area contributed by atoms with Gasteiger partial charge in [0.15, 0.2) is 0 Å². The lowest BCUT2D eigenvalue weighted by Gasteiger charge is -2.01. The second-order valence-corrected chi connectivity index (χ2v) is 4.40. The number of nitrogens with zero attached hydrogens (tertiary/aromatic N) is 2. The molecule has 0 unspecified atom stereocenters. The molecule has 0 atom stereocenters. The van der Waals surface area contributed by atoms with Crippen molar-refractivity contribution in [2.45, 2.75) is 33.2 Å². The number of pyridine rings is 1. The summed E-state index contributed by atoms with van der Waals surface area (Å²) >= 11 is 0. The lowest BCUT2D eigenvalue weighted by atomic mass is 10.2. The molecule has 0 saturated carbocycles. The van der Waals surface area contributed by atoms with Crippen LogP contribution in [-0.2, 0) is 6.54 Å². The zero-order valence-electron chi connectivity index (χ0n) is 10.2. The van der Waals surface area contributed by atoms with Gasteiger partial charge in [-0.2, -0.15) is 0 Å². The number of aromatic nitrogens is 2. The Hall–Kier alpha value is -1.35. The van der Waals surface area contributed by atoms with E-state index in [1.807, 2.05) is 0 Å². The Balaban J connectivity index is 2.30. The summed E-state index contributed by atoms with van der Waals surface area (Å²) in [4.78, 5) is 4.62. The largest absolute Gasteiger partial charge is 0.313 e. The van der Waals surface area contributed by atoms with Crippen molar-refractivity contribution in [3.8, 4) is 0 Å². The van der Waals surface area contributed by atoms with Gasteiger partial charge in [0, 0.05) is 18.9 Å². The molecule has 0 saturated heterocycles. The van der Waals surface area contributed by atoms with Gasteiger partial charge in [0.2, 0.25) is 0 Å². The van der Waals surface area contributed by atoms with Crippen LogP contribution in [0.15, 0.2) is 24.5 Å². The zero-order chi connectivity index (χ0) is 11.5. The predicted octanol–water partition coefficient (Wildman–Crippen LogP) is 2.57. The number of imidazole rings is 1. The molecule has 0 spiro atoms. The first-order valence-electron chi connectivity index (χ1n) is 5.89. The van der Waals surface area contributed by atoms with Crippen LogP contribution in [0.4, 0.5) is 0 Å². The highest BCUT2D eigenvalue weighted by Gasteiger charge is 2.05.